The molecule has 1 atom stereocenters. The second kappa shape index (κ2) is 6.19. The lowest BCUT2D eigenvalue weighted by Crippen LogP contribution is -2.45. The van der Waals surface area contributed by atoms with E-state index in [-0.39, 0.29) is 11.9 Å². The van der Waals surface area contributed by atoms with Crippen LogP contribution >= 0.6 is 0 Å². The molecule has 0 N–H and O–H groups in total. The van der Waals surface area contributed by atoms with E-state index in [0.717, 1.165) is 69.3 Å². The van der Waals surface area contributed by atoms with Gasteiger partial charge in [-0.1, -0.05) is 0 Å². The fraction of sp³-hybridized carbons (Fsp3) is 0.667. The molecule has 26 heavy (non-hydrogen) atoms. The van der Waals surface area contributed by atoms with Gasteiger partial charge in [-0.3, -0.25) is 9.69 Å². The number of hydrogen-bond donors (Lipinski definition) is 0. The first-order valence-electron chi connectivity index (χ1n) is 9.67. The van der Waals surface area contributed by atoms with Gasteiger partial charge >= 0.3 is 0 Å². The van der Waals surface area contributed by atoms with Gasteiger partial charge < -0.3 is 9.80 Å². The number of likely N-dealkylation sites (tertiary alicyclic amines) is 2. The summed E-state index contributed by atoms with van der Waals surface area (Å²) < 4.78 is 1.93. The molecule has 3 aliphatic rings. The third-order valence-electron chi connectivity index (χ3n) is 6.19. The van der Waals surface area contributed by atoms with Crippen molar-refractivity contribution in [2.45, 2.75) is 37.6 Å². The molecule has 2 aromatic rings. The largest absolute Gasteiger partial charge is 0.355 e. The van der Waals surface area contributed by atoms with Gasteiger partial charge in [0, 0.05) is 32.6 Å². The molecular formula is C18H25N7O. The molecule has 3 saturated heterocycles. The number of carbonyl (C=O) groups excluding carboxylic acids is 1. The zero-order valence-electron chi connectivity index (χ0n) is 15.2. The van der Waals surface area contributed by atoms with Crippen LogP contribution < -0.4 is 4.90 Å². The number of amides is 1. The number of nitrogens with zero attached hydrogens (tertiary/aromatic N) is 7. The molecule has 0 spiro atoms. The zero-order valence-corrected chi connectivity index (χ0v) is 15.2. The Balaban J connectivity index is 1.32. The van der Waals surface area contributed by atoms with Crippen molar-refractivity contribution < 1.29 is 4.79 Å². The summed E-state index contributed by atoms with van der Waals surface area (Å²) >= 11 is 0. The second-order valence-electron chi connectivity index (χ2n) is 7.73. The molecule has 0 bridgehead atoms. The van der Waals surface area contributed by atoms with Gasteiger partial charge in [-0.15, -0.1) is 15.3 Å². The van der Waals surface area contributed by atoms with Gasteiger partial charge in [0.15, 0.2) is 11.5 Å². The summed E-state index contributed by atoms with van der Waals surface area (Å²) in [6.07, 6.45) is 4.20. The van der Waals surface area contributed by atoms with Crippen LogP contribution in [0.5, 0.6) is 0 Å². The van der Waals surface area contributed by atoms with Crippen LogP contribution in [0.1, 0.15) is 37.4 Å². The first-order chi connectivity index (χ1) is 12.7. The first kappa shape index (κ1) is 16.0. The molecule has 8 nitrogen and oxygen atoms in total. The van der Waals surface area contributed by atoms with Crippen LogP contribution in [0.3, 0.4) is 0 Å². The minimum absolute atomic E-state index is 0.0761. The molecule has 3 fully saturated rings. The Kier molecular flexibility index (Phi) is 3.81. The summed E-state index contributed by atoms with van der Waals surface area (Å²) in [5.74, 6) is 2.62. The summed E-state index contributed by atoms with van der Waals surface area (Å²) in [5.41, 5.74) is 0.819. The fourth-order valence-corrected chi connectivity index (χ4v) is 4.38. The molecule has 0 radical (unpaired) electrons. The third-order valence-corrected chi connectivity index (χ3v) is 6.19. The zero-order chi connectivity index (χ0) is 17.7. The minimum Gasteiger partial charge on any atom is -0.355 e. The van der Waals surface area contributed by atoms with Gasteiger partial charge in [-0.25, -0.2) is 0 Å². The molecular weight excluding hydrogens is 330 g/mol. The Hall–Kier alpha value is -2.22. The highest BCUT2D eigenvalue weighted by Crippen LogP contribution is 2.30. The van der Waals surface area contributed by atoms with Crippen molar-refractivity contribution in [3.05, 3.63) is 18.0 Å². The van der Waals surface area contributed by atoms with E-state index in [1.54, 1.807) is 0 Å². The number of carbonyl (C=O) groups is 1. The number of piperidine rings is 1. The normalized spacial score (nSPS) is 25.3. The van der Waals surface area contributed by atoms with Gasteiger partial charge in [-0.2, -0.15) is 4.52 Å². The lowest BCUT2D eigenvalue weighted by molar-refractivity contribution is -0.131. The Bertz CT molecular complexity index is 822. The summed E-state index contributed by atoms with van der Waals surface area (Å²) in [5, 5.41) is 13.6. The van der Waals surface area contributed by atoms with E-state index < -0.39 is 0 Å². The van der Waals surface area contributed by atoms with E-state index in [1.165, 1.54) is 6.42 Å². The SMILES string of the molecule is CN1CCC(N2CCC(c3nnc4ccc(N5CCC5)nn34)CC2)C1=O. The first-order valence-corrected chi connectivity index (χ1v) is 9.67. The molecule has 1 amide bonds. The predicted molar refractivity (Wildman–Crippen MR) is 97.2 cm³/mol. The van der Waals surface area contributed by atoms with Gasteiger partial charge in [0.1, 0.15) is 5.82 Å². The number of hydrogen-bond acceptors (Lipinski definition) is 6. The van der Waals surface area contributed by atoms with Gasteiger partial charge in [-0.05, 0) is 50.9 Å². The van der Waals surface area contributed by atoms with Crippen LogP contribution in [0.15, 0.2) is 12.1 Å². The molecule has 0 aliphatic carbocycles. The molecule has 0 aromatic carbocycles. The highest BCUT2D eigenvalue weighted by Gasteiger charge is 2.36. The lowest BCUT2D eigenvalue weighted by atomic mass is 9.95. The number of likely N-dealkylation sites (N-methyl/N-ethyl adjacent to an activating group) is 1. The predicted octanol–water partition coefficient (Wildman–Crippen LogP) is 0.744. The number of rotatable bonds is 3. The molecule has 8 heteroatoms. The van der Waals surface area contributed by atoms with Gasteiger partial charge in [0.05, 0.1) is 6.04 Å². The maximum atomic E-state index is 12.3. The van der Waals surface area contributed by atoms with E-state index in [2.05, 4.69) is 20.0 Å². The van der Waals surface area contributed by atoms with E-state index in [1.807, 2.05) is 28.6 Å². The van der Waals surface area contributed by atoms with Crippen molar-refractivity contribution in [1.29, 1.82) is 0 Å². The van der Waals surface area contributed by atoms with Gasteiger partial charge in [0.2, 0.25) is 5.91 Å². The van der Waals surface area contributed by atoms with E-state index in [4.69, 9.17) is 5.10 Å². The summed E-state index contributed by atoms with van der Waals surface area (Å²) in [6.45, 7) is 4.92. The van der Waals surface area contributed by atoms with Crippen molar-refractivity contribution in [3.8, 4) is 0 Å². The number of fused-ring (bicyclic) bond motifs is 1. The number of aromatic nitrogens is 4. The average Bonchev–Trinajstić information content (AvgIpc) is 3.18. The Morgan fingerprint density at radius 1 is 1.00 bits per heavy atom. The monoisotopic (exact) mass is 355 g/mol. The fourth-order valence-electron chi connectivity index (χ4n) is 4.38. The van der Waals surface area contributed by atoms with Crippen LogP contribution in [0.25, 0.3) is 5.65 Å². The standard InChI is InChI=1S/C18H25N7O/c1-22-10-7-14(18(22)26)23-11-5-13(6-12-23)17-20-19-15-3-4-16(21-25(15)17)24-8-2-9-24/h3-4,13-14H,2,5-12H2,1H3. The Labute approximate surface area is 152 Å². The third kappa shape index (κ3) is 2.55. The summed E-state index contributed by atoms with van der Waals surface area (Å²) in [4.78, 5) is 18.8. The maximum absolute atomic E-state index is 12.3. The van der Waals surface area contributed by atoms with Crippen LogP contribution in [0.4, 0.5) is 5.82 Å². The van der Waals surface area contributed by atoms with Crippen molar-refractivity contribution in [3.63, 3.8) is 0 Å². The average molecular weight is 355 g/mol. The van der Waals surface area contributed by atoms with Crippen LogP contribution in [0.2, 0.25) is 0 Å². The Morgan fingerprint density at radius 2 is 1.81 bits per heavy atom. The highest BCUT2D eigenvalue weighted by atomic mass is 16.2. The molecule has 2 aromatic heterocycles. The highest BCUT2D eigenvalue weighted by molar-refractivity contribution is 5.83. The van der Waals surface area contributed by atoms with Crippen LogP contribution in [0, 0.1) is 0 Å². The van der Waals surface area contributed by atoms with Gasteiger partial charge in [0.25, 0.3) is 0 Å². The minimum atomic E-state index is 0.0761. The topological polar surface area (TPSA) is 69.9 Å². The smallest absolute Gasteiger partial charge is 0.239 e. The van der Waals surface area contributed by atoms with Crippen molar-refractivity contribution in [2.75, 3.05) is 44.7 Å². The van der Waals surface area contributed by atoms with Crippen LogP contribution in [-0.4, -0.2) is 81.3 Å². The second-order valence-corrected chi connectivity index (χ2v) is 7.73. The van der Waals surface area contributed by atoms with E-state index >= 15 is 0 Å². The number of anilines is 1. The molecule has 138 valence electrons. The van der Waals surface area contributed by atoms with Crippen molar-refractivity contribution in [2.24, 2.45) is 0 Å². The molecule has 0 saturated carbocycles. The summed E-state index contributed by atoms with van der Waals surface area (Å²) in [6, 6.07) is 4.13. The van der Waals surface area contributed by atoms with Crippen LogP contribution in [-0.2, 0) is 4.79 Å². The Morgan fingerprint density at radius 3 is 2.46 bits per heavy atom. The van der Waals surface area contributed by atoms with Crippen molar-refractivity contribution >= 4 is 17.4 Å². The van der Waals surface area contributed by atoms with Crippen molar-refractivity contribution in [1.82, 2.24) is 29.6 Å². The lowest BCUT2D eigenvalue weighted by Gasteiger charge is -2.34. The molecule has 3 aliphatic heterocycles. The summed E-state index contributed by atoms with van der Waals surface area (Å²) in [7, 11) is 1.90. The molecule has 5 rings (SSSR count). The maximum Gasteiger partial charge on any atom is 0.239 e. The quantitative estimate of drug-likeness (QED) is 0.809. The van der Waals surface area contributed by atoms with E-state index in [9.17, 15) is 4.79 Å². The molecule has 1 unspecified atom stereocenters. The van der Waals surface area contributed by atoms with E-state index in [0.29, 0.717) is 5.92 Å². The molecule has 5 heterocycles.